The molecule has 1 saturated heterocycles. The summed E-state index contributed by atoms with van der Waals surface area (Å²) >= 11 is 0. The summed E-state index contributed by atoms with van der Waals surface area (Å²) in [6.07, 6.45) is 1.54. The molecule has 0 aromatic heterocycles. The second-order valence-electron chi connectivity index (χ2n) is 8.24. The van der Waals surface area contributed by atoms with Gasteiger partial charge >= 0.3 is 0 Å². The van der Waals surface area contributed by atoms with Gasteiger partial charge in [0.15, 0.2) is 0 Å². The highest BCUT2D eigenvalue weighted by atomic mass is 19.1. The van der Waals surface area contributed by atoms with E-state index in [-0.39, 0.29) is 11.7 Å². The lowest BCUT2D eigenvalue weighted by Crippen LogP contribution is -2.45. The predicted molar refractivity (Wildman–Crippen MR) is 111 cm³/mol. The van der Waals surface area contributed by atoms with Crippen molar-refractivity contribution in [1.82, 2.24) is 4.90 Å². The molecule has 152 valence electrons. The smallest absolute Gasteiger partial charge is 0.123 e. The molecule has 28 heavy (non-hydrogen) atoms. The van der Waals surface area contributed by atoms with Crippen molar-refractivity contribution in [3.05, 3.63) is 71.5 Å². The molecule has 0 spiro atoms. The molecule has 2 atom stereocenters. The Hall–Kier alpha value is -1.75. The first-order chi connectivity index (χ1) is 13.5. The van der Waals surface area contributed by atoms with Gasteiger partial charge in [-0.25, -0.2) is 4.39 Å². The fourth-order valence-electron chi connectivity index (χ4n) is 4.03. The summed E-state index contributed by atoms with van der Waals surface area (Å²) in [5.74, 6) is 0.0993. The van der Waals surface area contributed by atoms with E-state index in [2.05, 4.69) is 30.9 Å². The third kappa shape index (κ3) is 5.19. The number of rotatable bonds is 8. The lowest BCUT2D eigenvalue weighted by Gasteiger charge is -2.41. The van der Waals surface area contributed by atoms with Gasteiger partial charge in [-0.15, -0.1) is 0 Å². The quantitative estimate of drug-likeness (QED) is 0.723. The average Bonchev–Trinajstić information content (AvgIpc) is 2.72. The number of nitrogens with zero attached hydrogens (tertiary/aromatic N) is 1. The van der Waals surface area contributed by atoms with E-state index < -0.39 is 5.60 Å². The molecule has 4 heteroatoms. The third-order valence-electron chi connectivity index (χ3n) is 5.77. The standard InChI is InChI=1S/C24H32FNO2/c1-19(2)12-13-24(27,21-8-10-22(25)11-9-21)23(20-6-4-3-5-7-20)18-26-14-16-28-17-15-26/h3-11,19,23,27H,12-18H2,1-2H3. The molecule has 0 aliphatic carbocycles. The molecular formula is C24H32FNO2. The number of hydrogen-bond donors (Lipinski definition) is 1. The fourth-order valence-corrected chi connectivity index (χ4v) is 4.03. The van der Waals surface area contributed by atoms with Crippen LogP contribution in [0.2, 0.25) is 0 Å². The van der Waals surface area contributed by atoms with Crippen LogP contribution in [0.25, 0.3) is 0 Å². The van der Waals surface area contributed by atoms with Crippen LogP contribution in [-0.4, -0.2) is 42.9 Å². The van der Waals surface area contributed by atoms with Gasteiger partial charge < -0.3 is 9.84 Å². The van der Waals surface area contributed by atoms with Crippen molar-refractivity contribution < 1.29 is 14.2 Å². The molecule has 0 saturated carbocycles. The molecule has 1 aliphatic rings. The van der Waals surface area contributed by atoms with Crippen molar-refractivity contribution in [2.24, 2.45) is 5.92 Å². The zero-order valence-corrected chi connectivity index (χ0v) is 17.0. The highest BCUT2D eigenvalue weighted by molar-refractivity contribution is 5.32. The Kier molecular flexibility index (Phi) is 7.22. The lowest BCUT2D eigenvalue weighted by molar-refractivity contribution is -0.0311. The van der Waals surface area contributed by atoms with Crippen LogP contribution in [0.4, 0.5) is 4.39 Å². The second kappa shape index (κ2) is 9.64. The van der Waals surface area contributed by atoms with Crippen LogP contribution in [0.15, 0.2) is 54.6 Å². The van der Waals surface area contributed by atoms with Crippen LogP contribution < -0.4 is 0 Å². The number of halogens is 1. The van der Waals surface area contributed by atoms with Crippen LogP contribution in [0, 0.1) is 11.7 Å². The first-order valence-electron chi connectivity index (χ1n) is 10.3. The molecule has 2 aromatic rings. The Morgan fingerprint density at radius 1 is 1.04 bits per heavy atom. The highest BCUT2D eigenvalue weighted by Gasteiger charge is 2.40. The van der Waals surface area contributed by atoms with E-state index in [1.54, 1.807) is 12.1 Å². The van der Waals surface area contributed by atoms with Gasteiger partial charge in [-0.3, -0.25) is 4.90 Å². The summed E-state index contributed by atoms with van der Waals surface area (Å²) in [4.78, 5) is 2.37. The summed E-state index contributed by atoms with van der Waals surface area (Å²) in [6, 6.07) is 16.6. The monoisotopic (exact) mass is 385 g/mol. The Morgan fingerprint density at radius 2 is 1.68 bits per heavy atom. The summed E-state index contributed by atoms with van der Waals surface area (Å²) in [7, 11) is 0. The largest absolute Gasteiger partial charge is 0.384 e. The first-order valence-corrected chi connectivity index (χ1v) is 10.3. The summed E-state index contributed by atoms with van der Waals surface area (Å²) in [6.45, 7) is 8.28. The van der Waals surface area contributed by atoms with E-state index in [1.807, 2.05) is 18.2 Å². The first kappa shape index (κ1) is 21.0. The van der Waals surface area contributed by atoms with Crippen molar-refractivity contribution >= 4 is 0 Å². The summed E-state index contributed by atoms with van der Waals surface area (Å²) in [5, 5.41) is 12.1. The lowest BCUT2D eigenvalue weighted by atomic mass is 9.73. The SMILES string of the molecule is CC(C)CCC(O)(c1ccc(F)cc1)C(CN1CCOCC1)c1ccccc1. The average molecular weight is 386 g/mol. The summed E-state index contributed by atoms with van der Waals surface area (Å²) < 4.78 is 19.1. The van der Waals surface area contributed by atoms with E-state index in [1.165, 1.54) is 12.1 Å². The van der Waals surface area contributed by atoms with Crippen LogP contribution in [-0.2, 0) is 10.3 Å². The number of hydrogen-bond acceptors (Lipinski definition) is 3. The second-order valence-corrected chi connectivity index (χ2v) is 8.24. The molecule has 2 unspecified atom stereocenters. The van der Waals surface area contributed by atoms with Crippen molar-refractivity contribution in [3.63, 3.8) is 0 Å². The van der Waals surface area contributed by atoms with Crippen molar-refractivity contribution in [2.75, 3.05) is 32.8 Å². The number of morpholine rings is 1. The fraction of sp³-hybridized carbons (Fsp3) is 0.500. The van der Waals surface area contributed by atoms with Crippen LogP contribution in [0.5, 0.6) is 0 Å². The topological polar surface area (TPSA) is 32.7 Å². The Balaban J connectivity index is 1.99. The molecule has 3 nitrogen and oxygen atoms in total. The van der Waals surface area contributed by atoms with Crippen LogP contribution >= 0.6 is 0 Å². The van der Waals surface area contributed by atoms with Crippen molar-refractivity contribution in [2.45, 2.75) is 38.2 Å². The number of ether oxygens (including phenoxy) is 1. The number of benzene rings is 2. The molecule has 0 bridgehead atoms. The normalized spacial score (nSPS) is 18.8. The Morgan fingerprint density at radius 3 is 2.29 bits per heavy atom. The van der Waals surface area contributed by atoms with Gasteiger partial charge in [0.05, 0.1) is 18.8 Å². The molecule has 3 rings (SSSR count). The predicted octanol–water partition coefficient (Wildman–Crippen LogP) is 4.57. The van der Waals surface area contributed by atoms with Gasteiger partial charge in [0.2, 0.25) is 0 Å². The van der Waals surface area contributed by atoms with Gasteiger partial charge in [0.25, 0.3) is 0 Å². The summed E-state index contributed by atoms with van der Waals surface area (Å²) in [5.41, 5.74) is 0.846. The van der Waals surface area contributed by atoms with Gasteiger partial charge in [0, 0.05) is 25.6 Å². The minimum Gasteiger partial charge on any atom is -0.384 e. The molecule has 1 heterocycles. The van der Waals surface area contributed by atoms with E-state index in [4.69, 9.17) is 4.74 Å². The van der Waals surface area contributed by atoms with Gasteiger partial charge in [-0.05, 0) is 42.0 Å². The highest BCUT2D eigenvalue weighted by Crippen LogP contribution is 2.42. The van der Waals surface area contributed by atoms with E-state index in [0.717, 1.165) is 50.4 Å². The van der Waals surface area contributed by atoms with E-state index in [0.29, 0.717) is 12.3 Å². The maximum atomic E-state index is 13.6. The molecular weight excluding hydrogens is 353 g/mol. The van der Waals surface area contributed by atoms with Crippen LogP contribution in [0.1, 0.15) is 43.7 Å². The molecule has 2 aromatic carbocycles. The van der Waals surface area contributed by atoms with Gasteiger partial charge in [0.1, 0.15) is 5.82 Å². The van der Waals surface area contributed by atoms with Crippen molar-refractivity contribution in [1.29, 1.82) is 0 Å². The molecule has 1 N–H and O–H groups in total. The van der Waals surface area contributed by atoms with Crippen LogP contribution in [0.3, 0.4) is 0 Å². The van der Waals surface area contributed by atoms with Gasteiger partial charge in [-0.1, -0.05) is 56.3 Å². The molecule has 1 fully saturated rings. The molecule has 0 amide bonds. The van der Waals surface area contributed by atoms with E-state index in [9.17, 15) is 9.50 Å². The minimum atomic E-state index is -1.06. The zero-order chi connectivity index (χ0) is 20.0. The molecule has 0 radical (unpaired) electrons. The third-order valence-corrected chi connectivity index (χ3v) is 5.77. The minimum absolute atomic E-state index is 0.101. The zero-order valence-electron chi connectivity index (χ0n) is 17.0. The maximum absolute atomic E-state index is 13.6. The molecule has 1 aliphatic heterocycles. The van der Waals surface area contributed by atoms with Gasteiger partial charge in [-0.2, -0.15) is 0 Å². The Labute approximate surface area is 168 Å². The number of aliphatic hydroxyl groups is 1. The Bertz CT molecular complexity index is 713. The van der Waals surface area contributed by atoms with E-state index >= 15 is 0 Å². The van der Waals surface area contributed by atoms with Crippen molar-refractivity contribution in [3.8, 4) is 0 Å². The maximum Gasteiger partial charge on any atom is 0.123 e.